The molecule has 3 heteroatoms. The van der Waals surface area contributed by atoms with Crippen LogP contribution < -0.4 is 9.47 Å². The van der Waals surface area contributed by atoms with E-state index in [1.54, 1.807) is 14.2 Å². The molecule has 0 aliphatic heterocycles. The first-order chi connectivity index (χ1) is 11.6. The molecule has 0 aromatic heterocycles. The Bertz CT molecular complexity index is 593. The molecule has 3 rings (SSSR count). The molecule has 0 N–H and O–H groups in total. The molecule has 0 bridgehead atoms. The first kappa shape index (κ1) is 18.7. The van der Waals surface area contributed by atoms with E-state index in [-0.39, 0.29) is 0 Å². The minimum absolute atomic E-state index is 0.406. The standard InChI is InChI=1S/C13H17Cl.C8H10O2/c1-13(9-3-2-4-10-13)11-5-7-12(14)8-6-11;1-9-7-5-3-4-6-8(7)10-2/h5-8H,2-4,9-10H2,1H3;3-6H,1-2H3. The Labute approximate surface area is 150 Å². The van der Waals surface area contributed by atoms with Gasteiger partial charge >= 0.3 is 0 Å². The molecule has 0 heterocycles. The summed E-state index contributed by atoms with van der Waals surface area (Å²) in [6.07, 6.45) is 6.81. The monoisotopic (exact) mass is 346 g/mol. The van der Waals surface area contributed by atoms with Crippen LogP contribution in [0.3, 0.4) is 0 Å². The molecule has 0 saturated heterocycles. The van der Waals surface area contributed by atoms with Crippen LogP contribution in [0.2, 0.25) is 5.02 Å². The lowest BCUT2D eigenvalue weighted by Crippen LogP contribution is -2.24. The zero-order valence-corrected chi connectivity index (χ0v) is 15.6. The van der Waals surface area contributed by atoms with Crippen LogP contribution in [0.1, 0.15) is 44.6 Å². The number of para-hydroxylation sites is 2. The fourth-order valence-corrected chi connectivity index (χ4v) is 3.39. The molecule has 2 aromatic rings. The van der Waals surface area contributed by atoms with Gasteiger partial charge in [-0.3, -0.25) is 0 Å². The minimum atomic E-state index is 0.406. The van der Waals surface area contributed by atoms with E-state index in [4.69, 9.17) is 21.1 Å². The number of ether oxygens (including phenoxy) is 2. The molecule has 1 aliphatic rings. The van der Waals surface area contributed by atoms with Gasteiger partial charge in [-0.1, -0.05) is 62.1 Å². The molecule has 0 spiro atoms. The number of hydrogen-bond donors (Lipinski definition) is 0. The van der Waals surface area contributed by atoms with Crippen molar-refractivity contribution in [2.75, 3.05) is 14.2 Å². The molecule has 0 amide bonds. The second kappa shape index (κ2) is 8.98. The Morgan fingerprint density at radius 2 is 1.29 bits per heavy atom. The van der Waals surface area contributed by atoms with Crippen LogP contribution in [-0.4, -0.2) is 14.2 Å². The lowest BCUT2D eigenvalue weighted by atomic mass is 9.71. The van der Waals surface area contributed by atoms with E-state index in [0.717, 1.165) is 16.5 Å². The van der Waals surface area contributed by atoms with E-state index in [0.29, 0.717) is 5.41 Å². The van der Waals surface area contributed by atoms with Crippen molar-refractivity contribution in [2.24, 2.45) is 0 Å². The van der Waals surface area contributed by atoms with E-state index in [2.05, 4.69) is 19.1 Å². The molecule has 1 aliphatic carbocycles. The quantitative estimate of drug-likeness (QED) is 0.652. The van der Waals surface area contributed by atoms with Gasteiger partial charge in [0.05, 0.1) is 14.2 Å². The Morgan fingerprint density at radius 3 is 1.75 bits per heavy atom. The van der Waals surface area contributed by atoms with Gasteiger partial charge in [-0.25, -0.2) is 0 Å². The summed E-state index contributed by atoms with van der Waals surface area (Å²) >= 11 is 5.90. The van der Waals surface area contributed by atoms with Crippen LogP contribution in [0.5, 0.6) is 11.5 Å². The van der Waals surface area contributed by atoms with E-state index < -0.39 is 0 Å². The van der Waals surface area contributed by atoms with Gasteiger partial charge in [-0.15, -0.1) is 0 Å². The SMILES string of the molecule is CC1(c2ccc(Cl)cc2)CCCCC1.COc1ccccc1OC. The van der Waals surface area contributed by atoms with Crippen molar-refractivity contribution in [3.8, 4) is 11.5 Å². The molecule has 0 radical (unpaired) electrons. The third kappa shape index (κ3) is 4.91. The Balaban J connectivity index is 0.000000185. The second-order valence-corrected chi connectivity index (χ2v) is 6.92. The van der Waals surface area contributed by atoms with Crippen LogP contribution in [0, 0.1) is 0 Å². The lowest BCUT2D eigenvalue weighted by molar-refractivity contribution is 0.319. The molecule has 1 saturated carbocycles. The van der Waals surface area contributed by atoms with Gasteiger partial charge < -0.3 is 9.47 Å². The summed E-state index contributed by atoms with van der Waals surface area (Å²) < 4.78 is 10.0. The number of methoxy groups -OCH3 is 2. The zero-order chi connectivity index (χ0) is 17.4. The van der Waals surface area contributed by atoms with Crippen molar-refractivity contribution in [1.29, 1.82) is 0 Å². The average Bonchev–Trinajstić information content (AvgIpc) is 2.63. The van der Waals surface area contributed by atoms with Crippen molar-refractivity contribution in [3.63, 3.8) is 0 Å². The summed E-state index contributed by atoms with van der Waals surface area (Å²) in [5.41, 5.74) is 1.87. The highest BCUT2D eigenvalue weighted by molar-refractivity contribution is 6.30. The third-order valence-electron chi connectivity index (χ3n) is 4.79. The van der Waals surface area contributed by atoms with Gasteiger partial charge in [0.1, 0.15) is 0 Å². The smallest absolute Gasteiger partial charge is 0.160 e. The highest BCUT2D eigenvalue weighted by Gasteiger charge is 2.28. The first-order valence-corrected chi connectivity index (χ1v) is 8.90. The van der Waals surface area contributed by atoms with Crippen molar-refractivity contribution in [3.05, 3.63) is 59.1 Å². The number of rotatable bonds is 3. The second-order valence-electron chi connectivity index (χ2n) is 6.48. The molecule has 0 atom stereocenters. The van der Waals surface area contributed by atoms with Crippen molar-refractivity contribution in [2.45, 2.75) is 44.4 Å². The summed E-state index contributed by atoms with van der Waals surface area (Å²) in [5.74, 6) is 1.54. The van der Waals surface area contributed by atoms with Gasteiger partial charge in [0.15, 0.2) is 11.5 Å². The van der Waals surface area contributed by atoms with Crippen LogP contribution in [0.25, 0.3) is 0 Å². The van der Waals surface area contributed by atoms with Crippen molar-refractivity contribution >= 4 is 11.6 Å². The molecular weight excluding hydrogens is 320 g/mol. The summed E-state index contributed by atoms with van der Waals surface area (Å²) in [5, 5.41) is 0.841. The molecule has 2 nitrogen and oxygen atoms in total. The largest absolute Gasteiger partial charge is 0.493 e. The molecule has 2 aromatic carbocycles. The zero-order valence-electron chi connectivity index (χ0n) is 14.8. The average molecular weight is 347 g/mol. The van der Waals surface area contributed by atoms with E-state index in [9.17, 15) is 0 Å². The maximum atomic E-state index is 5.90. The van der Waals surface area contributed by atoms with Crippen LogP contribution >= 0.6 is 11.6 Å². The normalized spacial score (nSPS) is 15.8. The van der Waals surface area contributed by atoms with E-state index in [1.165, 1.54) is 37.7 Å². The lowest BCUT2D eigenvalue weighted by Gasteiger charge is -2.34. The maximum Gasteiger partial charge on any atom is 0.160 e. The fourth-order valence-electron chi connectivity index (χ4n) is 3.26. The number of benzene rings is 2. The number of hydrogen-bond acceptors (Lipinski definition) is 2. The summed E-state index contributed by atoms with van der Waals surface area (Å²) in [6.45, 7) is 2.38. The van der Waals surface area contributed by atoms with Gasteiger partial charge in [-0.2, -0.15) is 0 Å². The Kier molecular flexibility index (Phi) is 6.99. The van der Waals surface area contributed by atoms with Gasteiger partial charge in [-0.05, 0) is 48.1 Å². The summed E-state index contributed by atoms with van der Waals surface area (Å²) in [6, 6.07) is 15.9. The molecule has 1 fully saturated rings. The Hall–Kier alpha value is -1.67. The Morgan fingerprint density at radius 1 is 0.792 bits per heavy atom. The van der Waals surface area contributed by atoms with Crippen LogP contribution in [0.4, 0.5) is 0 Å². The van der Waals surface area contributed by atoms with Gasteiger partial charge in [0.25, 0.3) is 0 Å². The van der Waals surface area contributed by atoms with Gasteiger partial charge in [0, 0.05) is 5.02 Å². The minimum Gasteiger partial charge on any atom is -0.493 e. The first-order valence-electron chi connectivity index (χ1n) is 8.52. The summed E-state index contributed by atoms with van der Waals surface area (Å²) in [7, 11) is 3.25. The summed E-state index contributed by atoms with van der Waals surface area (Å²) in [4.78, 5) is 0. The third-order valence-corrected chi connectivity index (χ3v) is 5.04. The fraction of sp³-hybridized carbons (Fsp3) is 0.429. The topological polar surface area (TPSA) is 18.5 Å². The highest BCUT2D eigenvalue weighted by Crippen LogP contribution is 2.39. The molecule has 24 heavy (non-hydrogen) atoms. The maximum absolute atomic E-state index is 5.90. The van der Waals surface area contributed by atoms with Gasteiger partial charge in [0.2, 0.25) is 0 Å². The van der Waals surface area contributed by atoms with Crippen molar-refractivity contribution in [1.82, 2.24) is 0 Å². The van der Waals surface area contributed by atoms with E-state index >= 15 is 0 Å². The number of halogens is 1. The van der Waals surface area contributed by atoms with Crippen molar-refractivity contribution < 1.29 is 9.47 Å². The molecule has 0 unspecified atom stereocenters. The predicted octanol–water partition coefficient (Wildman–Crippen LogP) is 6.27. The van der Waals surface area contributed by atoms with Crippen LogP contribution in [0.15, 0.2) is 48.5 Å². The van der Waals surface area contributed by atoms with E-state index in [1.807, 2.05) is 36.4 Å². The predicted molar refractivity (Wildman–Crippen MR) is 101 cm³/mol. The molecule has 130 valence electrons. The molecular formula is C21H27ClO2. The van der Waals surface area contributed by atoms with Crippen LogP contribution in [-0.2, 0) is 5.41 Å². The highest BCUT2D eigenvalue weighted by atomic mass is 35.5.